The zero-order chi connectivity index (χ0) is 22.5. The fraction of sp³-hybridized carbons (Fsp3) is 0.435. The number of H-pyrrole nitrogens is 1. The number of nitrogens with one attached hydrogen (secondary N) is 1. The van der Waals surface area contributed by atoms with E-state index in [9.17, 15) is 14.4 Å². The molecule has 7 heteroatoms. The molecule has 1 aromatic carbocycles. The second-order valence-corrected chi connectivity index (χ2v) is 8.29. The summed E-state index contributed by atoms with van der Waals surface area (Å²) in [5, 5.41) is 0. The van der Waals surface area contributed by atoms with Crippen LogP contribution in [0.2, 0.25) is 0 Å². The van der Waals surface area contributed by atoms with Gasteiger partial charge >= 0.3 is 5.69 Å². The third kappa shape index (κ3) is 5.28. The van der Waals surface area contributed by atoms with Crippen LogP contribution in [0.4, 0.5) is 11.5 Å². The van der Waals surface area contributed by atoms with Crippen LogP contribution in [0.3, 0.4) is 0 Å². The Hall–Kier alpha value is -3.09. The maximum Gasteiger partial charge on any atom is 0.330 e. The number of nitrogen functional groups attached to an aromatic ring is 1. The highest BCUT2D eigenvalue weighted by Gasteiger charge is 2.21. The Morgan fingerprint density at radius 3 is 2.33 bits per heavy atom. The summed E-state index contributed by atoms with van der Waals surface area (Å²) in [5.74, 6) is -0.370. The van der Waals surface area contributed by atoms with Crippen molar-refractivity contribution < 1.29 is 4.79 Å². The molecule has 0 aliphatic carbocycles. The van der Waals surface area contributed by atoms with E-state index in [0.717, 1.165) is 18.4 Å². The van der Waals surface area contributed by atoms with E-state index in [4.69, 9.17) is 5.73 Å². The maximum atomic E-state index is 12.8. The van der Waals surface area contributed by atoms with Gasteiger partial charge in [-0.2, -0.15) is 0 Å². The number of carbonyl (C=O) groups excluding carboxylic acids is 1. The second kappa shape index (κ2) is 9.61. The maximum absolute atomic E-state index is 12.8. The number of carbonyl (C=O) groups is 1. The Balaban J connectivity index is 2.33. The fourth-order valence-electron chi connectivity index (χ4n) is 3.15. The first-order valence-corrected chi connectivity index (χ1v) is 10.3. The number of nitrogens with two attached hydrogens (primary N) is 1. The Morgan fingerprint density at radius 2 is 1.80 bits per heavy atom. The summed E-state index contributed by atoms with van der Waals surface area (Å²) in [6.45, 7) is 10.8. The third-order valence-corrected chi connectivity index (χ3v) is 5.00. The van der Waals surface area contributed by atoms with Crippen molar-refractivity contribution in [1.29, 1.82) is 0 Å². The molecule has 30 heavy (non-hydrogen) atoms. The van der Waals surface area contributed by atoms with Gasteiger partial charge in [-0.15, -0.1) is 0 Å². The first kappa shape index (κ1) is 23.2. The molecule has 2 aromatic rings. The van der Waals surface area contributed by atoms with Crippen molar-refractivity contribution in [2.75, 3.05) is 17.2 Å². The van der Waals surface area contributed by atoms with Crippen molar-refractivity contribution in [1.82, 2.24) is 9.55 Å². The first-order chi connectivity index (χ1) is 14.1. The summed E-state index contributed by atoms with van der Waals surface area (Å²) in [6.07, 6.45) is 4.72. The van der Waals surface area contributed by atoms with E-state index in [1.165, 1.54) is 21.1 Å². The number of hydrogen-bond donors (Lipinski definition) is 2. The van der Waals surface area contributed by atoms with Gasteiger partial charge in [-0.25, -0.2) is 4.79 Å². The molecule has 0 saturated carbocycles. The van der Waals surface area contributed by atoms with Gasteiger partial charge in [-0.3, -0.25) is 19.1 Å². The summed E-state index contributed by atoms with van der Waals surface area (Å²) in [5.41, 5.74) is 7.04. The second-order valence-electron chi connectivity index (χ2n) is 8.29. The average molecular weight is 413 g/mol. The molecule has 0 bridgehead atoms. The van der Waals surface area contributed by atoms with Gasteiger partial charge < -0.3 is 10.6 Å². The summed E-state index contributed by atoms with van der Waals surface area (Å²) >= 11 is 0. The van der Waals surface area contributed by atoms with Crippen LogP contribution in [0.25, 0.3) is 6.08 Å². The van der Waals surface area contributed by atoms with E-state index in [1.54, 1.807) is 13.0 Å². The van der Waals surface area contributed by atoms with Gasteiger partial charge in [-0.1, -0.05) is 58.4 Å². The van der Waals surface area contributed by atoms with E-state index >= 15 is 0 Å². The molecule has 1 amide bonds. The largest absolute Gasteiger partial charge is 0.383 e. The van der Waals surface area contributed by atoms with Crippen LogP contribution in [-0.4, -0.2) is 22.0 Å². The van der Waals surface area contributed by atoms with Gasteiger partial charge in [-0.05, 0) is 36.0 Å². The molecule has 2 rings (SSSR count). The van der Waals surface area contributed by atoms with Crippen LogP contribution in [0.15, 0.2) is 39.9 Å². The number of aromatic amines is 1. The Bertz CT molecular complexity index is 1020. The van der Waals surface area contributed by atoms with E-state index in [-0.39, 0.29) is 29.4 Å². The fourth-order valence-corrected chi connectivity index (χ4v) is 3.15. The highest BCUT2D eigenvalue weighted by atomic mass is 16.2. The predicted molar refractivity (Wildman–Crippen MR) is 123 cm³/mol. The molecule has 0 fully saturated rings. The number of nitrogens with zero attached hydrogens (tertiary/aromatic N) is 2. The number of hydrogen-bond acceptors (Lipinski definition) is 4. The van der Waals surface area contributed by atoms with Crippen molar-refractivity contribution in [3.63, 3.8) is 0 Å². The molecule has 3 N–H and O–H groups in total. The number of benzene rings is 1. The van der Waals surface area contributed by atoms with Gasteiger partial charge in [0.05, 0.1) is 0 Å². The van der Waals surface area contributed by atoms with Crippen molar-refractivity contribution >= 4 is 23.5 Å². The van der Waals surface area contributed by atoms with Gasteiger partial charge in [0.15, 0.2) is 5.69 Å². The summed E-state index contributed by atoms with van der Waals surface area (Å²) in [6, 6.07) is 7.97. The molecule has 162 valence electrons. The summed E-state index contributed by atoms with van der Waals surface area (Å²) < 4.78 is 1.31. The van der Waals surface area contributed by atoms with Crippen LogP contribution in [0.5, 0.6) is 0 Å². The minimum atomic E-state index is -0.664. The third-order valence-electron chi connectivity index (χ3n) is 5.00. The molecule has 0 spiro atoms. The molecule has 0 atom stereocenters. The Labute approximate surface area is 177 Å². The minimum absolute atomic E-state index is 0.00549. The lowest BCUT2D eigenvalue weighted by molar-refractivity contribution is -0.114. The topological polar surface area (TPSA) is 101 Å². The number of unbranched alkanes of at least 4 members (excludes halogenated alkanes) is 1. The lowest BCUT2D eigenvalue weighted by Gasteiger charge is -2.22. The van der Waals surface area contributed by atoms with Crippen molar-refractivity contribution in [2.24, 2.45) is 0 Å². The van der Waals surface area contributed by atoms with E-state index < -0.39 is 11.2 Å². The average Bonchev–Trinajstić information content (AvgIpc) is 2.68. The van der Waals surface area contributed by atoms with Crippen LogP contribution in [0.1, 0.15) is 58.6 Å². The number of likely N-dealkylation sites (N-methyl/N-ethyl adjacent to an activating group) is 1. The van der Waals surface area contributed by atoms with Gasteiger partial charge in [0, 0.05) is 19.2 Å². The van der Waals surface area contributed by atoms with Crippen molar-refractivity contribution in [3.05, 3.63) is 62.3 Å². The van der Waals surface area contributed by atoms with Gasteiger partial charge in [0.25, 0.3) is 11.5 Å². The summed E-state index contributed by atoms with van der Waals surface area (Å²) in [4.78, 5) is 40.9. The van der Waals surface area contributed by atoms with Crippen molar-refractivity contribution in [2.45, 2.75) is 59.4 Å². The molecule has 0 radical (unpaired) electrons. The predicted octanol–water partition coefficient (Wildman–Crippen LogP) is 3.28. The number of rotatable bonds is 7. The minimum Gasteiger partial charge on any atom is -0.383 e. The number of amides is 1. The first-order valence-electron chi connectivity index (χ1n) is 10.3. The Kier molecular flexibility index (Phi) is 7.43. The van der Waals surface area contributed by atoms with Gasteiger partial charge in [0.2, 0.25) is 0 Å². The molecule has 0 aliphatic heterocycles. The highest BCUT2D eigenvalue weighted by molar-refractivity contribution is 6.05. The normalized spacial score (nSPS) is 11.8. The Morgan fingerprint density at radius 1 is 1.17 bits per heavy atom. The molecule has 0 unspecified atom stereocenters. The lowest BCUT2D eigenvalue weighted by Crippen LogP contribution is -2.40. The van der Waals surface area contributed by atoms with Crippen LogP contribution < -0.4 is 21.9 Å². The zero-order valence-electron chi connectivity index (χ0n) is 18.5. The van der Waals surface area contributed by atoms with Crippen LogP contribution >= 0.6 is 0 Å². The number of anilines is 2. The molecule has 0 saturated heterocycles. The monoisotopic (exact) mass is 412 g/mol. The summed E-state index contributed by atoms with van der Waals surface area (Å²) in [7, 11) is 0. The van der Waals surface area contributed by atoms with Gasteiger partial charge in [0.1, 0.15) is 5.82 Å². The van der Waals surface area contributed by atoms with E-state index in [1.807, 2.05) is 31.2 Å². The van der Waals surface area contributed by atoms with Crippen LogP contribution in [0, 0.1) is 0 Å². The van der Waals surface area contributed by atoms with Crippen LogP contribution in [-0.2, 0) is 16.8 Å². The highest BCUT2D eigenvalue weighted by Crippen LogP contribution is 2.23. The molecule has 0 aliphatic rings. The smallest absolute Gasteiger partial charge is 0.330 e. The molecule has 7 nitrogen and oxygen atoms in total. The molecular weight excluding hydrogens is 380 g/mol. The zero-order valence-corrected chi connectivity index (χ0v) is 18.5. The van der Waals surface area contributed by atoms with E-state index in [0.29, 0.717) is 6.54 Å². The molecule has 1 aromatic heterocycles. The quantitative estimate of drug-likeness (QED) is 0.682. The SMILES string of the molecule is CCCCn1c(N)c(N(CC)C(=O)C=Cc2ccc(C(C)(C)C)cc2)c(=O)[nH]c1=O. The van der Waals surface area contributed by atoms with Crippen molar-refractivity contribution in [3.8, 4) is 0 Å². The van der Waals surface area contributed by atoms with E-state index in [2.05, 4.69) is 25.8 Å². The lowest BCUT2D eigenvalue weighted by atomic mass is 9.87. The molecular formula is C23H32N4O3. The standard InChI is InChI=1S/C23H32N4O3/c1-6-8-15-27-20(24)19(21(29)25-22(27)30)26(7-2)18(28)14-11-16-9-12-17(13-10-16)23(3,4)5/h9-14H,6-8,15,24H2,1-5H3,(H,25,29,30). The number of aromatic nitrogens is 2. The molecule has 1 heterocycles.